The van der Waals surface area contributed by atoms with Gasteiger partial charge in [0.1, 0.15) is 0 Å². The van der Waals surface area contributed by atoms with Crippen LogP contribution in [0.1, 0.15) is 19.8 Å². The van der Waals surface area contributed by atoms with Crippen molar-refractivity contribution in [2.45, 2.75) is 19.8 Å². The molecule has 0 bridgehead atoms. The number of ether oxygens (including phenoxy) is 1. The number of methoxy groups -OCH3 is 1. The van der Waals surface area contributed by atoms with Gasteiger partial charge >= 0.3 is 0 Å². The summed E-state index contributed by atoms with van der Waals surface area (Å²) in [6, 6.07) is 0. The zero-order chi connectivity index (χ0) is 13.9. The molecule has 1 aliphatic heterocycles. The van der Waals surface area contributed by atoms with Crippen LogP contribution < -0.4 is 15.6 Å². The Morgan fingerprint density at radius 2 is 2.21 bits per heavy atom. The van der Waals surface area contributed by atoms with E-state index >= 15 is 0 Å². The number of anilines is 1. The minimum Gasteiger partial charge on any atom is -0.489 e. The fourth-order valence-electron chi connectivity index (χ4n) is 2.33. The standard InChI is InChI=1S/C13H22N4O2/c1-13(4-6-17(2)7-5-13)8-14-11-10(19-3)12(18)16-9-15-11/h9H,4-8H2,1-3H3,(H2,14,15,16,18). The molecule has 2 rings (SSSR count). The van der Waals surface area contributed by atoms with E-state index in [9.17, 15) is 4.79 Å². The van der Waals surface area contributed by atoms with Crippen LogP contribution in [0.25, 0.3) is 0 Å². The third-order valence-electron chi connectivity index (χ3n) is 3.89. The van der Waals surface area contributed by atoms with Gasteiger partial charge in [0.15, 0.2) is 5.82 Å². The largest absolute Gasteiger partial charge is 0.489 e. The predicted molar refractivity (Wildman–Crippen MR) is 74.7 cm³/mol. The molecule has 0 unspecified atom stereocenters. The molecule has 2 heterocycles. The van der Waals surface area contributed by atoms with Crippen molar-refractivity contribution >= 4 is 5.82 Å². The van der Waals surface area contributed by atoms with Gasteiger partial charge < -0.3 is 19.9 Å². The van der Waals surface area contributed by atoms with Crippen LogP contribution in [0.3, 0.4) is 0 Å². The Hall–Kier alpha value is -1.56. The summed E-state index contributed by atoms with van der Waals surface area (Å²) in [5, 5.41) is 3.26. The van der Waals surface area contributed by atoms with Gasteiger partial charge in [0.05, 0.1) is 13.4 Å². The van der Waals surface area contributed by atoms with E-state index < -0.39 is 0 Å². The number of nitrogens with zero attached hydrogens (tertiary/aromatic N) is 2. The van der Waals surface area contributed by atoms with E-state index in [-0.39, 0.29) is 16.7 Å². The summed E-state index contributed by atoms with van der Waals surface area (Å²) in [4.78, 5) is 20.6. The molecule has 6 nitrogen and oxygen atoms in total. The van der Waals surface area contributed by atoms with Crippen molar-refractivity contribution in [3.8, 4) is 5.75 Å². The second-order valence-electron chi connectivity index (χ2n) is 5.58. The number of H-pyrrole nitrogens is 1. The Kier molecular flexibility index (Phi) is 4.09. The quantitative estimate of drug-likeness (QED) is 0.848. The predicted octanol–water partition coefficient (Wildman–Crippen LogP) is 0.922. The molecule has 0 amide bonds. The Balaban J connectivity index is 2.03. The van der Waals surface area contributed by atoms with Gasteiger partial charge in [0.25, 0.3) is 5.56 Å². The first-order valence-corrected chi connectivity index (χ1v) is 6.58. The Morgan fingerprint density at radius 1 is 1.53 bits per heavy atom. The first kappa shape index (κ1) is 13.9. The third kappa shape index (κ3) is 3.26. The van der Waals surface area contributed by atoms with Crippen molar-refractivity contribution in [3.05, 3.63) is 16.7 Å². The van der Waals surface area contributed by atoms with Gasteiger partial charge in [0.2, 0.25) is 5.75 Å². The lowest BCUT2D eigenvalue weighted by Gasteiger charge is -2.38. The maximum atomic E-state index is 11.6. The van der Waals surface area contributed by atoms with E-state index in [1.54, 1.807) is 0 Å². The zero-order valence-electron chi connectivity index (χ0n) is 11.8. The summed E-state index contributed by atoms with van der Waals surface area (Å²) in [7, 11) is 3.63. The van der Waals surface area contributed by atoms with Gasteiger partial charge in [-0.2, -0.15) is 0 Å². The monoisotopic (exact) mass is 266 g/mol. The van der Waals surface area contributed by atoms with Gasteiger partial charge in [0, 0.05) is 6.54 Å². The summed E-state index contributed by atoms with van der Waals surface area (Å²) >= 11 is 0. The smallest absolute Gasteiger partial charge is 0.295 e. The van der Waals surface area contributed by atoms with Crippen LogP contribution in [0.15, 0.2) is 11.1 Å². The number of nitrogens with one attached hydrogen (secondary N) is 2. The molecular formula is C13H22N4O2. The lowest BCUT2D eigenvalue weighted by molar-refractivity contribution is 0.150. The van der Waals surface area contributed by atoms with Crippen LogP contribution in [-0.2, 0) is 0 Å². The van der Waals surface area contributed by atoms with Crippen molar-refractivity contribution in [2.24, 2.45) is 5.41 Å². The second-order valence-corrected chi connectivity index (χ2v) is 5.58. The van der Waals surface area contributed by atoms with Crippen molar-refractivity contribution in [1.29, 1.82) is 0 Å². The highest BCUT2D eigenvalue weighted by Crippen LogP contribution is 2.31. The van der Waals surface area contributed by atoms with Crippen LogP contribution in [0.5, 0.6) is 5.75 Å². The number of aromatic amines is 1. The van der Waals surface area contributed by atoms with Gasteiger partial charge in [-0.25, -0.2) is 4.98 Å². The molecule has 0 saturated carbocycles. The van der Waals surface area contributed by atoms with E-state index in [2.05, 4.69) is 34.2 Å². The summed E-state index contributed by atoms with van der Waals surface area (Å²) in [6.45, 7) is 5.29. The molecule has 6 heteroatoms. The summed E-state index contributed by atoms with van der Waals surface area (Å²) in [5.41, 5.74) is -0.0181. The molecule has 0 atom stereocenters. The molecule has 1 saturated heterocycles. The Bertz CT molecular complexity index is 478. The summed E-state index contributed by atoms with van der Waals surface area (Å²) in [5.74, 6) is 0.769. The summed E-state index contributed by atoms with van der Waals surface area (Å²) in [6.07, 6.45) is 3.67. The number of rotatable bonds is 4. The van der Waals surface area contributed by atoms with Crippen molar-refractivity contribution in [2.75, 3.05) is 39.1 Å². The SMILES string of the molecule is COc1c(NCC2(C)CCN(C)CC2)nc[nH]c1=O. The molecule has 0 aliphatic carbocycles. The first-order valence-electron chi connectivity index (χ1n) is 6.58. The molecule has 0 spiro atoms. The average molecular weight is 266 g/mol. The lowest BCUT2D eigenvalue weighted by Crippen LogP contribution is -2.40. The van der Waals surface area contributed by atoms with E-state index in [1.165, 1.54) is 13.4 Å². The van der Waals surface area contributed by atoms with Crippen molar-refractivity contribution in [1.82, 2.24) is 14.9 Å². The Labute approximate surface area is 113 Å². The second kappa shape index (κ2) is 5.61. The zero-order valence-corrected chi connectivity index (χ0v) is 11.8. The fourth-order valence-corrected chi connectivity index (χ4v) is 2.33. The molecular weight excluding hydrogens is 244 g/mol. The highest BCUT2D eigenvalue weighted by atomic mass is 16.5. The molecule has 1 aliphatic rings. The number of hydrogen-bond acceptors (Lipinski definition) is 5. The molecule has 1 aromatic heterocycles. The van der Waals surface area contributed by atoms with Crippen molar-refractivity contribution in [3.63, 3.8) is 0 Å². The maximum Gasteiger partial charge on any atom is 0.295 e. The minimum absolute atomic E-state index is 0.238. The first-order chi connectivity index (χ1) is 9.04. The van der Waals surface area contributed by atoms with Crippen molar-refractivity contribution < 1.29 is 4.74 Å². The van der Waals surface area contributed by atoms with Crippen LogP contribution in [-0.4, -0.2) is 48.7 Å². The molecule has 106 valence electrons. The maximum absolute atomic E-state index is 11.6. The highest BCUT2D eigenvalue weighted by Gasteiger charge is 2.29. The molecule has 19 heavy (non-hydrogen) atoms. The number of likely N-dealkylation sites (tertiary alicyclic amines) is 1. The summed E-state index contributed by atoms with van der Waals surface area (Å²) < 4.78 is 5.09. The third-order valence-corrected chi connectivity index (χ3v) is 3.89. The fraction of sp³-hybridized carbons (Fsp3) is 0.692. The molecule has 1 aromatic rings. The van der Waals surface area contributed by atoms with Gasteiger partial charge in [-0.15, -0.1) is 0 Å². The van der Waals surface area contributed by atoms with Crippen LogP contribution in [0, 0.1) is 5.41 Å². The highest BCUT2D eigenvalue weighted by molar-refractivity contribution is 5.47. The number of aromatic nitrogens is 2. The molecule has 0 aromatic carbocycles. The van der Waals surface area contributed by atoms with E-state index in [0.717, 1.165) is 32.5 Å². The van der Waals surface area contributed by atoms with Gasteiger partial charge in [-0.1, -0.05) is 6.92 Å². The van der Waals surface area contributed by atoms with E-state index in [4.69, 9.17) is 4.74 Å². The topological polar surface area (TPSA) is 70.2 Å². The van der Waals surface area contributed by atoms with Crippen LogP contribution >= 0.6 is 0 Å². The lowest BCUT2D eigenvalue weighted by atomic mass is 9.80. The van der Waals surface area contributed by atoms with Gasteiger partial charge in [-0.05, 0) is 38.4 Å². The van der Waals surface area contributed by atoms with E-state index in [0.29, 0.717) is 5.82 Å². The van der Waals surface area contributed by atoms with Gasteiger partial charge in [-0.3, -0.25) is 4.79 Å². The van der Waals surface area contributed by atoms with E-state index in [1.807, 2.05) is 0 Å². The Morgan fingerprint density at radius 3 is 2.84 bits per heavy atom. The molecule has 1 fully saturated rings. The minimum atomic E-state index is -0.256. The van der Waals surface area contributed by atoms with Crippen LogP contribution in [0.2, 0.25) is 0 Å². The molecule has 2 N–H and O–H groups in total. The average Bonchev–Trinajstić information content (AvgIpc) is 2.40. The molecule has 0 radical (unpaired) electrons. The number of piperidine rings is 1. The normalized spacial score (nSPS) is 19.1. The number of hydrogen-bond donors (Lipinski definition) is 2. The van der Waals surface area contributed by atoms with Crippen LogP contribution in [0.4, 0.5) is 5.82 Å².